The highest BCUT2D eigenvalue weighted by Gasteiger charge is 2.24. The van der Waals surface area contributed by atoms with Crippen LogP contribution < -0.4 is 5.32 Å². The van der Waals surface area contributed by atoms with E-state index in [-0.39, 0.29) is 30.5 Å². The van der Waals surface area contributed by atoms with Gasteiger partial charge < -0.3 is 19.7 Å². The third-order valence-corrected chi connectivity index (χ3v) is 2.89. The number of carbonyl (C=O) groups excluding carboxylic acids is 2. The average Bonchev–Trinajstić information content (AvgIpc) is 2.99. The summed E-state index contributed by atoms with van der Waals surface area (Å²) in [6.45, 7) is 1.25. The number of β-amino-alcohol motifs (C(OH)–C–C–N with tert-alkyl or cyclic N) is 1. The lowest BCUT2D eigenvalue weighted by Gasteiger charge is -2.15. The minimum absolute atomic E-state index is 0.0497. The molecule has 0 saturated carbocycles. The van der Waals surface area contributed by atoms with Gasteiger partial charge in [0.15, 0.2) is 5.76 Å². The molecule has 1 atom stereocenters. The predicted octanol–water partition coefficient (Wildman–Crippen LogP) is -0.00730. The number of furan rings is 1. The van der Waals surface area contributed by atoms with E-state index < -0.39 is 6.10 Å². The number of nitrogens with zero attached hydrogens (tertiary/aromatic N) is 1. The quantitative estimate of drug-likeness (QED) is 0.789. The first kappa shape index (κ1) is 12.6. The topological polar surface area (TPSA) is 82.8 Å². The van der Waals surface area contributed by atoms with E-state index in [1.54, 1.807) is 17.0 Å². The molecule has 6 nitrogen and oxygen atoms in total. The summed E-state index contributed by atoms with van der Waals surface area (Å²) in [4.78, 5) is 24.8. The molecular weight excluding hydrogens is 236 g/mol. The molecule has 0 aliphatic carbocycles. The molecule has 2 rings (SSSR count). The maximum absolute atomic E-state index is 11.7. The maximum atomic E-state index is 11.7. The van der Waals surface area contributed by atoms with Crippen molar-refractivity contribution in [3.05, 3.63) is 24.2 Å². The van der Waals surface area contributed by atoms with E-state index in [0.717, 1.165) is 0 Å². The summed E-state index contributed by atoms with van der Waals surface area (Å²) in [6, 6.07) is 3.19. The lowest BCUT2D eigenvalue weighted by atomic mass is 10.3. The van der Waals surface area contributed by atoms with Crippen molar-refractivity contribution in [2.24, 2.45) is 0 Å². The van der Waals surface area contributed by atoms with Gasteiger partial charge in [0.2, 0.25) is 5.91 Å². The van der Waals surface area contributed by atoms with E-state index in [1.807, 2.05) is 0 Å². The van der Waals surface area contributed by atoms with Gasteiger partial charge in [-0.3, -0.25) is 9.59 Å². The largest absolute Gasteiger partial charge is 0.459 e. The van der Waals surface area contributed by atoms with E-state index in [1.165, 1.54) is 6.26 Å². The molecule has 98 valence electrons. The first-order valence-corrected chi connectivity index (χ1v) is 5.94. The van der Waals surface area contributed by atoms with Gasteiger partial charge in [-0.2, -0.15) is 0 Å². The molecule has 1 saturated heterocycles. The van der Waals surface area contributed by atoms with Crippen LogP contribution in [-0.2, 0) is 4.79 Å². The molecule has 2 amide bonds. The zero-order chi connectivity index (χ0) is 13.0. The van der Waals surface area contributed by atoms with Crippen molar-refractivity contribution in [2.75, 3.05) is 19.6 Å². The average molecular weight is 252 g/mol. The second-order valence-corrected chi connectivity index (χ2v) is 4.27. The van der Waals surface area contributed by atoms with Crippen LogP contribution >= 0.6 is 0 Å². The lowest BCUT2D eigenvalue weighted by molar-refractivity contribution is -0.130. The highest BCUT2D eigenvalue weighted by Crippen LogP contribution is 2.09. The number of rotatable bonds is 4. The highest BCUT2D eigenvalue weighted by atomic mass is 16.3. The van der Waals surface area contributed by atoms with Gasteiger partial charge in [-0.15, -0.1) is 0 Å². The Labute approximate surface area is 105 Å². The number of aliphatic hydroxyl groups excluding tert-OH is 1. The Morgan fingerprint density at radius 1 is 1.56 bits per heavy atom. The predicted molar refractivity (Wildman–Crippen MR) is 62.9 cm³/mol. The molecule has 1 fully saturated rings. The van der Waals surface area contributed by atoms with Gasteiger partial charge in [0.25, 0.3) is 5.91 Å². The van der Waals surface area contributed by atoms with Crippen molar-refractivity contribution in [2.45, 2.75) is 18.9 Å². The number of hydrogen-bond donors (Lipinski definition) is 2. The van der Waals surface area contributed by atoms with E-state index in [2.05, 4.69) is 5.32 Å². The van der Waals surface area contributed by atoms with E-state index in [9.17, 15) is 14.7 Å². The summed E-state index contributed by atoms with van der Waals surface area (Å²) >= 11 is 0. The van der Waals surface area contributed by atoms with Gasteiger partial charge in [-0.1, -0.05) is 0 Å². The Hall–Kier alpha value is -1.82. The standard InChI is InChI=1S/C12H16N2O4/c15-9-4-6-14(8-9)11(16)3-5-13-12(17)10-2-1-7-18-10/h1-2,7,9,15H,3-6,8H2,(H,13,17)/t9-/m1/s1. The minimum Gasteiger partial charge on any atom is -0.459 e. The molecule has 0 aromatic carbocycles. The Morgan fingerprint density at radius 2 is 2.39 bits per heavy atom. The van der Waals surface area contributed by atoms with E-state index in [4.69, 9.17) is 4.42 Å². The fraction of sp³-hybridized carbons (Fsp3) is 0.500. The van der Waals surface area contributed by atoms with Crippen LogP contribution in [0.4, 0.5) is 0 Å². The Kier molecular flexibility index (Phi) is 3.99. The van der Waals surface area contributed by atoms with Crippen molar-refractivity contribution >= 4 is 11.8 Å². The molecule has 18 heavy (non-hydrogen) atoms. The number of nitrogens with one attached hydrogen (secondary N) is 1. The van der Waals surface area contributed by atoms with Gasteiger partial charge >= 0.3 is 0 Å². The molecule has 0 spiro atoms. The lowest BCUT2D eigenvalue weighted by Crippen LogP contribution is -2.33. The van der Waals surface area contributed by atoms with Crippen molar-refractivity contribution in [1.29, 1.82) is 0 Å². The summed E-state index contributed by atoms with van der Waals surface area (Å²) in [5.74, 6) is -0.139. The maximum Gasteiger partial charge on any atom is 0.286 e. The van der Waals surface area contributed by atoms with Crippen LogP contribution in [0.15, 0.2) is 22.8 Å². The summed E-state index contributed by atoms with van der Waals surface area (Å²) in [7, 11) is 0. The van der Waals surface area contributed by atoms with Crippen LogP contribution in [0.1, 0.15) is 23.4 Å². The van der Waals surface area contributed by atoms with Gasteiger partial charge in [-0.25, -0.2) is 0 Å². The fourth-order valence-corrected chi connectivity index (χ4v) is 1.90. The molecule has 1 aliphatic rings. The molecule has 1 aliphatic heterocycles. The molecule has 6 heteroatoms. The Balaban J connectivity index is 1.69. The van der Waals surface area contributed by atoms with Crippen LogP contribution in [0.5, 0.6) is 0 Å². The van der Waals surface area contributed by atoms with Crippen LogP contribution in [0, 0.1) is 0 Å². The molecule has 2 heterocycles. The number of hydrogen-bond acceptors (Lipinski definition) is 4. The number of amides is 2. The zero-order valence-electron chi connectivity index (χ0n) is 9.96. The van der Waals surface area contributed by atoms with Crippen molar-refractivity contribution in [1.82, 2.24) is 10.2 Å². The smallest absolute Gasteiger partial charge is 0.286 e. The zero-order valence-corrected chi connectivity index (χ0v) is 9.96. The van der Waals surface area contributed by atoms with Crippen LogP contribution in [0.3, 0.4) is 0 Å². The number of aliphatic hydroxyl groups is 1. The summed E-state index contributed by atoms with van der Waals surface area (Å²) in [6.07, 6.45) is 1.88. The molecule has 1 aromatic rings. The Morgan fingerprint density at radius 3 is 3.00 bits per heavy atom. The van der Waals surface area contributed by atoms with Gasteiger partial charge in [-0.05, 0) is 18.6 Å². The summed E-state index contributed by atoms with van der Waals surface area (Å²) in [5.41, 5.74) is 0. The number of likely N-dealkylation sites (tertiary alicyclic amines) is 1. The molecule has 1 aromatic heterocycles. The molecule has 0 bridgehead atoms. The first-order chi connectivity index (χ1) is 8.66. The summed E-state index contributed by atoms with van der Waals surface area (Å²) in [5, 5.41) is 11.9. The normalized spacial score (nSPS) is 18.9. The van der Waals surface area contributed by atoms with Crippen molar-refractivity contribution in [3.8, 4) is 0 Å². The second kappa shape index (κ2) is 5.68. The van der Waals surface area contributed by atoms with Crippen LogP contribution in [0.25, 0.3) is 0 Å². The molecular formula is C12H16N2O4. The third kappa shape index (κ3) is 3.10. The summed E-state index contributed by atoms with van der Waals surface area (Å²) < 4.78 is 4.93. The third-order valence-electron chi connectivity index (χ3n) is 2.89. The minimum atomic E-state index is -0.411. The molecule has 0 radical (unpaired) electrons. The van der Waals surface area contributed by atoms with E-state index in [0.29, 0.717) is 19.5 Å². The molecule has 2 N–H and O–H groups in total. The van der Waals surface area contributed by atoms with Crippen molar-refractivity contribution < 1.29 is 19.1 Å². The van der Waals surface area contributed by atoms with Gasteiger partial charge in [0, 0.05) is 26.1 Å². The fourth-order valence-electron chi connectivity index (χ4n) is 1.90. The Bertz CT molecular complexity index is 416. The first-order valence-electron chi connectivity index (χ1n) is 5.94. The SMILES string of the molecule is O=C(NCCC(=O)N1CC[C@@H](O)C1)c1ccco1. The van der Waals surface area contributed by atoms with Gasteiger partial charge in [0.05, 0.1) is 12.4 Å². The van der Waals surface area contributed by atoms with E-state index >= 15 is 0 Å². The van der Waals surface area contributed by atoms with Crippen LogP contribution in [-0.4, -0.2) is 47.6 Å². The second-order valence-electron chi connectivity index (χ2n) is 4.27. The monoisotopic (exact) mass is 252 g/mol. The highest BCUT2D eigenvalue weighted by molar-refractivity contribution is 5.91. The van der Waals surface area contributed by atoms with Crippen molar-refractivity contribution in [3.63, 3.8) is 0 Å². The van der Waals surface area contributed by atoms with Gasteiger partial charge in [0.1, 0.15) is 0 Å². The van der Waals surface area contributed by atoms with Crippen LogP contribution in [0.2, 0.25) is 0 Å². The number of carbonyl (C=O) groups is 2. The molecule has 0 unspecified atom stereocenters.